The Bertz CT molecular complexity index is 930. The molecular formula is C22H28N4O2. The minimum atomic E-state index is -0.394. The van der Waals surface area contributed by atoms with Crippen molar-refractivity contribution in [1.82, 2.24) is 14.7 Å². The maximum absolute atomic E-state index is 13.1. The number of fused-ring (bicyclic) bond motifs is 1. The smallest absolute Gasteiger partial charge is 0.232 e. The van der Waals surface area contributed by atoms with Crippen LogP contribution in [0.1, 0.15) is 55.7 Å². The molecule has 28 heavy (non-hydrogen) atoms. The van der Waals surface area contributed by atoms with E-state index in [1.165, 1.54) is 11.1 Å². The van der Waals surface area contributed by atoms with E-state index >= 15 is 0 Å². The molecule has 1 fully saturated rings. The second-order valence-electron chi connectivity index (χ2n) is 8.78. The van der Waals surface area contributed by atoms with Gasteiger partial charge in [-0.3, -0.25) is 14.3 Å². The van der Waals surface area contributed by atoms with E-state index in [0.29, 0.717) is 13.1 Å². The van der Waals surface area contributed by atoms with Crippen LogP contribution in [0.5, 0.6) is 0 Å². The molecule has 2 amide bonds. The first-order chi connectivity index (χ1) is 13.3. The third-order valence-corrected chi connectivity index (χ3v) is 6.28. The highest BCUT2D eigenvalue weighted by molar-refractivity contribution is 6.05. The van der Waals surface area contributed by atoms with Gasteiger partial charge in [-0.05, 0) is 34.6 Å². The van der Waals surface area contributed by atoms with Crippen LogP contribution in [0.15, 0.2) is 30.6 Å². The summed E-state index contributed by atoms with van der Waals surface area (Å²) in [5, 5.41) is 7.22. The summed E-state index contributed by atoms with van der Waals surface area (Å²) >= 11 is 0. The molecule has 2 aromatic rings. The first kappa shape index (κ1) is 18.7. The zero-order chi connectivity index (χ0) is 20.1. The maximum atomic E-state index is 13.1. The molecule has 2 aliphatic rings. The van der Waals surface area contributed by atoms with Gasteiger partial charge < -0.3 is 10.2 Å². The van der Waals surface area contributed by atoms with E-state index in [9.17, 15) is 9.59 Å². The number of carbonyl (C=O) groups is 2. The van der Waals surface area contributed by atoms with Gasteiger partial charge in [-0.2, -0.15) is 5.10 Å². The molecule has 0 aliphatic carbocycles. The number of nitrogens with one attached hydrogen (secondary N) is 1. The lowest BCUT2D eigenvalue weighted by Crippen LogP contribution is -2.32. The van der Waals surface area contributed by atoms with Crippen LogP contribution < -0.4 is 5.32 Å². The van der Waals surface area contributed by atoms with Gasteiger partial charge in [-0.25, -0.2) is 0 Å². The van der Waals surface area contributed by atoms with Crippen LogP contribution in [0.3, 0.4) is 0 Å². The zero-order valence-corrected chi connectivity index (χ0v) is 17.0. The monoisotopic (exact) mass is 380 g/mol. The van der Waals surface area contributed by atoms with E-state index in [1.54, 1.807) is 4.68 Å². The van der Waals surface area contributed by atoms with Crippen molar-refractivity contribution < 1.29 is 9.59 Å². The Morgan fingerprint density at radius 2 is 2.14 bits per heavy atom. The summed E-state index contributed by atoms with van der Waals surface area (Å²) in [4.78, 5) is 27.5. The molecule has 2 atom stereocenters. The number of hydrogen-bond acceptors (Lipinski definition) is 3. The first-order valence-corrected chi connectivity index (χ1v) is 9.98. The molecule has 0 spiro atoms. The van der Waals surface area contributed by atoms with Gasteiger partial charge in [0.2, 0.25) is 11.8 Å². The predicted octanol–water partition coefficient (Wildman–Crippen LogP) is 3.06. The molecule has 148 valence electrons. The molecule has 4 rings (SSSR count). The van der Waals surface area contributed by atoms with E-state index < -0.39 is 5.92 Å². The van der Waals surface area contributed by atoms with Gasteiger partial charge in [0.15, 0.2) is 0 Å². The fourth-order valence-electron chi connectivity index (χ4n) is 4.60. The lowest BCUT2D eigenvalue weighted by atomic mass is 9.79. The number of aromatic nitrogens is 2. The third kappa shape index (κ3) is 3.21. The molecule has 3 heterocycles. The van der Waals surface area contributed by atoms with E-state index in [0.717, 1.165) is 17.7 Å². The van der Waals surface area contributed by atoms with Crippen molar-refractivity contribution in [3.8, 4) is 0 Å². The summed E-state index contributed by atoms with van der Waals surface area (Å²) in [6, 6.07) is 6.05. The number of aryl methyl sites for hydroxylation is 2. The van der Waals surface area contributed by atoms with Crippen molar-refractivity contribution in [2.75, 3.05) is 18.4 Å². The SMILES string of the molecule is CCc1ccc2c(c1)C(CC(=O)N1CC(c3cnn(C)c3)C(C)(C)C1)C(=O)N2. The molecule has 6 nitrogen and oxygen atoms in total. The molecule has 2 unspecified atom stereocenters. The van der Waals surface area contributed by atoms with Gasteiger partial charge in [-0.15, -0.1) is 0 Å². The summed E-state index contributed by atoms with van der Waals surface area (Å²) in [7, 11) is 1.91. The van der Waals surface area contributed by atoms with Crippen LogP contribution in [0, 0.1) is 5.41 Å². The number of hydrogen-bond donors (Lipinski definition) is 1. The van der Waals surface area contributed by atoms with Crippen molar-refractivity contribution in [3.63, 3.8) is 0 Å². The van der Waals surface area contributed by atoms with Crippen LogP contribution in [0.4, 0.5) is 5.69 Å². The zero-order valence-electron chi connectivity index (χ0n) is 17.0. The third-order valence-electron chi connectivity index (χ3n) is 6.28. The van der Waals surface area contributed by atoms with Crippen LogP contribution in [0.25, 0.3) is 0 Å². The number of nitrogens with zero attached hydrogens (tertiary/aromatic N) is 3. The molecule has 2 aliphatic heterocycles. The lowest BCUT2D eigenvalue weighted by molar-refractivity contribution is -0.132. The summed E-state index contributed by atoms with van der Waals surface area (Å²) in [6.45, 7) is 7.86. The fraction of sp³-hybridized carbons (Fsp3) is 0.500. The number of carbonyl (C=O) groups excluding carboxylic acids is 2. The summed E-state index contributed by atoms with van der Waals surface area (Å²) in [6.07, 6.45) is 5.07. The van der Waals surface area contributed by atoms with Gasteiger partial charge >= 0.3 is 0 Å². The molecule has 1 aromatic heterocycles. The summed E-state index contributed by atoms with van der Waals surface area (Å²) in [5.41, 5.74) is 4.13. The van der Waals surface area contributed by atoms with E-state index in [4.69, 9.17) is 0 Å². The minimum absolute atomic E-state index is 0.0239. The second-order valence-corrected chi connectivity index (χ2v) is 8.78. The van der Waals surface area contributed by atoms with Gasteiger partial charge in [0.05, 0.1) is 12.1 Å². The topological polar surface area (TPSA) is 67.2 Å². The number of amides is 2. The Hall–Kier alpha value is -2.63. The Kier molecular flexibility index (Phi) is 4.52. The Balaban J connectivity index is 1.51. The van der Waals surface area contributed by atoms with Crippen molar-refractivity contribution in [2.45, 2.75) is 45.4 Å². The van der Waals surface area contributed by atoms with Crippen molar-refractivity contribution in [3.05, 3.63) is 47.3 Å². The molecule has 1 aromatic carbocycles. The number of anilines is 1. The van der Waals surface area contributed by atoms with Crippen LogP contribution in [-0.2, 0) is 23.1 Å². The van der Waals surface area contributed by atoms with E-state index in [2.05, 4.69) is 37.3 Å². The van der Waals surface area contributed by atoms with Gasteiger partial charge in [0.1, 0.15) is 0 Å². The average molecular weight is 380 g/mol. The highest BCUT2D eigenvalue weighted by Gasteiger charge is 2.43. The van der Waals surface area contributed by atoms with Crippen LogP contribution in [-0.4, -0.2) is 39.6 Å². The first-order valence-electron chi connectivity index (χ1n) is 9.98. The summed E-state index contributed by atoms with van der Waals surface area (Å²) in [5.74, 6) is -0.163. The molecule has 6 heteroatoms. The normalized spacial score (nSPS) is 23.0. The van der Waals surface area contributed by atoms with Gasteiger partial charge in [0, 0.05) is 44.4 Å². The highest BCUT2D eigenvalue weighted by atomic mass is 16.2. The second kappa shape index (κ2) is 6.76. The number of rotatable bonds is 4. The quantitative estimate of drug-likeness (QED) is 0.886. The lowest BCUT2D eigenvalue weighted by Gasteiger charge is -2.24. The Morgan fingerprint density at radius 3 is 2.82 bits per heavy atom. The Morgan fingerprint density at radius 1 is 1.36 bits per heavy atom. The molecule has 1 N–H and O–H groups in total. The largest absolute Gasteiger partial charge is 0.341 e. The average Bonchev–Trinajstić information content (AvgIpc) is 3.30. The van der Waals surface area contributed by atoms with Crippen molar-refractivity contribution in [2.24, 2.45) is 12.5 Å². The Labute approximate surface area is 165 Å². The van der Waals surface area contributed by atoms with E-state index in [1.807, 2.05) is 36.5 Å². The van der Waals surface area contributed by atoms with Crippen LogP contribution in [0.2, 0.25) is 0 Å². The van der Waals surface area contributed by atoms with E-state index in [-0.39, 0.29) is 29.6 Å². The van der Waals surface area contributed by atoms with Gasteiger partial charge in [0.25, 0.3) is 0 Å². The molecule has 1 saturated heterocycles. The molecule has 0 saturated carbocycles. The fourth-order valence-corrected chi connectivity index (χ4v) is 4.60. The number of likely N-dealkylation sites (tertiary alicyclic amines) is 1. The molecule has 0 bridgehead atoms. The maximum Gasteiger partial charge on any atom is 0.232 e. The van der Waals surface area contributed by atoms with Crippen molar-refractivity contribution >= 4 is 17.5 Å². The molecule has 0 radical (unpaired) electrons. The van der Waals surface area contributed by atoms with Crippen molar-refractivity contribution in [1.29, 1.82) is 0 Å². The number of benzene rings is 1. The van der Waals surface area contributed by atoms with Gasteiger partial charge in [-0.1, -0.05) is 32.9 Å². The highest BCUT2D eigenvalue weighted by Crippen LogP contribution is 2.43. The molecular weight excluding hydrogens is 352 g/mol. The standard InChI is InChI=1S/C22H28N4O2/c1-5-14-6-7-19-16(8-14)17(21(28)24-19)9-20(27)26-12-18(22(2,3)13-26)15-10-23-25(4)11-15/h6-8,10-11,17-18H,5,9,12-13H2,1-4H3,(H,24,28). The van der Waals surface area contributed by atoms with Crippen LogP contribution >= 0.6 is 0 Å². The summed E-state index contributed by atoms with van der Waals surface area (Å²) < 4.78 is 1.81. The predicted molar refractivity (Wildman–Crippen MR) is 108 cm³/mol. The minimum Gasteiger partial charge on any atom is -0.341 e.